The SMILES string of the molecule is CC(N)Cc1ccc(Cl)cc1Sc1ccccc1Cl. The Balaban J connectivity index is 2.33. The lowest BCUT2D eigenvalue weighted by atomic mass is 10.1. The molecule has 1 unspecified atom stereocenters. The van der Waals surface area contributed by atoms with Crippen LogP contribution in [0.15, 0.2) is 52.3 Å². The monoisotopic (exact) mass is 311 g/mol. The fourth-order valence-corrected chi connectivity index (χ4v) is 3.29. The van der Waals surface area contributed by atoms with Crippen LogP contribution in [-0.4, -0.2) is 6.04 Å². The molecule has 100 valence electrons. The van der Waals surface area contributed by atoms with E-state index in [1.807, 2.05) is 49.4 Å². The normalized spacial score (nSPS) is 12.4. The molecule has 2 rings (SSSR count). The maximum Gasteiger partial charge on any atom is 0.0545 e. The van der Waals surface area contributed by atoms with Crippen LogP contribution in [0.4, 0.5) is 0 Å². The van der Waals surface area contributed by atoms with Crippen LogP contribution in [0.2, 0.25) is 10.0 Å². The molecule has 0 bridgehead atoms. The Bertz CT molecular complexity index is 570. The first-order chi connectivity index (χ1) is 9.06. The second-order valence-electron chi connectivity index (χ2n) is 4.47. The molecule has 0 aliphatic heterocycles. The standard InChI is InChI=1S/C15H15Cl2NS/c1-10(18)8-11-6-7-12(16)9-15(11)19-14-5-3-2-4-13(14)17/h2-7,9-10H,8,18H2,1H3. The molecule has 0 saturated carbocycles. The molecule has 1 atom stereocenters. The van der Waals surface area contributed by atoms with Gasteiger partial charge in [-0.2, -0.15) is 0 Å². The molecular weight excluding hydrogens is 297 g/mol. The van der Waals surface area contributed by atoms with Crippen LogP contribution in [0.25, 0.3) is 0 Å². The van der Waals surface area contributed by atoms with Crippen LogP contribution >= 0.6 is 35.0 Å². The van der Waals surface area contributed by atoms with E-state index in [9.17, 15) is 0 Å². The highest BCUT2D eigenvalue weighted by Gasteiger charge is 2.09. The van der Waals surface area contributed by atoms with Crippen molar-refractivity contribution in [1.82, 2.24) is 0 Å². The van der Waals surface area contributed by atoms with Gasteiger partial charge in [-0.05, 0) is 43.2 Å². The summed E-state index contributed by atoms with van der Waals surface area (Å²) in [6.45, 7) is 2.00. The summed E-state index contributed by atoms with van der Waals surface area (Å²) in [5.74, 6) is 0. The number of hydrogen-bond donors (Lipinski definition) is 1. The minimum absolute atomic E-state index is 0.117. The Morgan fingerprint density at radius 3 is 2.53 bits per heavy atom. The second kappa shape index (κ2) is 6.67. The molecule has 0 aliphatic carbocycles. The Hall–Kier alpha value is -0.670. The van der Waals surface area contributed by atoms with Crippen molar-refractivity contribution in [2.45, 2.75) is 29.2 Å². The van der Waals surface area contributed by atoms with E-state index in [-0.39, 0.29) is 6.04 Å². The van der Waals surface area contributed by atoms with Crippen molar-refractivity contribution in [2.24, 2.45) is 5.73 Å². The Morgan fingerprint density at radius 1 is 1.11 bits per heavy atom. The molecular formula is C15H15Cl2NS. The van der Waals surface area contributed by atoms with Crippen LogP contribution in [-0.2, 0) is 6.42 Å². The highest BCUT2D eigenvalue weighted by molar-refractivity contribution is 7.99. The molecule has 2 N–H and O–H groups in total. The smallest absolute Gasteiger partial charge is 0.0545 e. The average molecular weight is 312 g/mol. The van der Waals surface area contributed by atoms with Gasteiger partial charge in [-0.1, -0.05) is 53.2 Å². The quantitative estimate of drug-likeness (QED) is 0.856. The zero-order valence-corrected chi connectivity index (χ0v) is 12.9. The van der Waals surface area contributed by atoms with Crippen LogP contribution in [0, 0.1) is 0 Å². The molecule has 0 spiro atoms. The van der Waals surface area contributed by atoms with E-state index in [0.717, 1.165) is 26.3 Å². The fourth-order valence-electron chi connectivity index (χ4n) is 1.78. The van der Waals surface area contributed by atoms with Crippen molar-refractivity contribution >= 4 is 35.0 Å². The van der Waals surface area contributed by atoms with Gasteiger partial charge in [-0.15, -0.1) is 0 Å². The van der Waals surface area contributed by atoms with Gasteiger partial charge in [0.2, 0.25) is 0 Å². The van der Waals surface area contributed by atoms with Crippen LogP contribution in [0.3, 0.4) is 0 Å². The molecule has 0 aliphatic rings. The van der Waals surface area contributed by atoms with E-state index in [1.54, 1.807) is 11.8 Å². The molecule has 0 radical (unpaired) electrons. The molecule has 1 nitrogen and oxygen atoms in total. The molecule has 19 heavy (non-hydrogen) atoms. The minimum Gasteiger partial charge on any atom is -0.328 e. The van der Waals surface area contributed by atoms with E-state index < -0.39 is 0 Å². The highest BCUT2D eigenvalue weighted by Crippen LogP contribution is 2.36. The number of rotatable bonds is 4. The number of halogens is 2. The van der Waals surface area contributed by atoms with Crippen molar-refractivity contribution in [1.29, 1.82) is 0 Å². The average Bonchev–Trinajstić information content (AvgIpc) is 2.35. The number of hydrogen-bond acceptors (Lipinski definition) is 2. The first-order valence-corrected chi connectivity index (χ1v) is 7.60. The van der Waals surface area contributed by atoms with Crippen LogP contribution in [0.1, 0.15) is 12.5 Å². The van der Waals surface area contributed by atoms with E-state index in [0.29, 0.717) is 0 Å². The summed E-state index contributed by atoms with van der Waals surface area (Å²) in [5, 5.41) is 1.47. The topological polar surface area (TPSA) is 26.0 Å². The predicted octanol–water partition coefficient (Wildman–Crippen LogP) is 5.03. The summed E-state index contributed by atoms with van der Waals surface area (Å²) in [4.78, 5) is 2.13. The third-order valence-corrected chi connectivity index (χ3v) is 4.48. The van der Waals surface area contributed by atoms with Crippen LogP contribution in [0.5, 0.6) is 0 Å². The molecule has 0 fully saturated rings. The zero-order valence-electron chi connectivity index (χ0n) is 10.6. The fraction of sp³-hybridized carbons (Fsp3) is 0.200. The first-order valence-electron chi connectivity index (χ1n) is 6.02. The largest absolute Gasteiger partial charge is 0.328 e. The van der Waals surface area contributed by atoms with E-state index in [1.165, 1.54) is 5.56 Å². The summed E-state index contributed by atoms with van der Waals surface area (Å²) >= 11 is 13.9. The van der Waals surface area contributed by atoms with E-state index >= 15 is 0 Å². The summed E-state index contributed by atoms with van der Waals surface area (Å²) in [6, 6.07) is 13.8. The van der Waals surface area contributed by atoms with Gasteiger partial charge < -0.3 is 5.73 Å². The summed E-state index contributed by atoms with van der Waals surface area (Å²) in [5.41, 5.74) is 7.08. The molecule has 2 aromatic carbocycles. The van der Waals surface area contributed by atoms with Crippen LogP contribution < -0.4 is 5.73 Å². The van der Waals surface area contributed by atoms with Gasteiger partial charge in [0.05, 0.1) is 5.02 Å². The summed E-state index contributed by atoms with van der Waals surface area (Å²) in [7, 11) is 0. The highest BCUT2D eigenvalue weighted by atomic mass is 35.5. The number of nitrogens with two attached hydrogens (primary N) is 1. The number of benzene rings is 2. The lowest BCUT2D eigenvalue weighted by Crippen LogP contribution is -2.18. The Morgan fingerprint density at radius 2 is 1.84 bits per heavy atom. The van der Waals surface area contributed by atoms with Crippen molar-refractivity contribution in [3.63, 3.8) is 0 Å². The molecule has 0 aromatic heterocycles. The van der Waals surface area contributed by atoms with Gasteiger partial charge in [-0.3, -0.25) is 0 Å². The van der Waals surface area contributed by atoms with E-state index in [4.69, 9.17) is 28.9 Å². The first kappa shape index (κ1) is 14.7. The van der Waals surface area contributed by atoms with Crippen molar-refractivity contribution < 1.29 is 0 Å². The van der Waals surface area contributed by atoms with Gasteiger partial charge in [0.15, 0.2) is 0 Å². The van der Waals surface area contributed by atoms with E-state index in [2.05, 4.69) is 0 Å². The van der Waals surface area contributed by atoms with Gasteiger partial charge >= 0.3 is 0 Å². The maximum atomic E-state index is 6.19. The van der Waals surface area contributed by atoms with Crippen molar-refractivity contribution in [3.8, 4) is 0 Å². The molecule has 0 amide bonds. The second-order valence-corrected chi connectivity index (χ2v) is 6.39. The van der Waals surface area contributed by atoms with Gasteiger partial charge in [0.25, 0.3) is 0 Å². The molecule has 2 aromatic rings. The Labute approximate surface area is 128 Å². The van der Waals surface area contributed by atoms with Gasteiger partial charge in [0, 0.05) is 20.9 Å². The lowest BCUT2D eigenvalue weighted by Gasteiger charge is -2.12. The van der Waals surface area contributed by atoms with Crippen molar-refractivity contribution in [2.75, 3.05) is 0 Å². The molecule has 4 heteroatoms. The Kier molecular flexibility index (Phi) is 5.17. The summed E-state index contributed by atoms with van der Waals surface area (Å²) in [6.07, 6.45) is 0.823. The molecule has 0 saturated heterocycles. The summed E-state index contributed by atoms with van der Waals surface area (Å²) < 4.78 is 0. The van der Waals surface area contributed by atoms with Crippen molar-refractivity contribution in [3.05, 3.63) is 58.1 Å². The maximum absolute atomic E-state index is 6.19. The third kappa shape index (κ3) is 4.15. The van der Waals surface area contributed by atoms with Gasteiger partial charge in [0.1, 0.15) is 0 Å². The minimum atomic E-state index is 0.117. The molecule has 0 heterocycles. The zero-order chi connectivity index (χ0) is 13.8. The predicted molar refractivity (Wildman–Crippen MR) is 84.4 cm³/mol. The third-order valence-electron chi connectivity index (χ3n) is 2.63. The lowest BCUT2D eigenvalue weighted by molar-refractivity contribution is 0.729. The van der Waals surface area contributed by atoms with Gasteiger partial charge in [-0.25, -0.2) is 0 Å².